The smallest absolute Gasteiger partial charge is 0.317 e. The lowest BCUT2D eigenvalue weighted by molar-refractivity contribution is 0.0346. The summed E-state index contributed by atoms with van der Waals surface area (Å²) in [5, 5.41) is 6.15. The zero-order valence-corrected chi connectivity index (χ0v) is 14.4. The second-order valence-corrected chi connectivity index (χ2v) is 6.93. The maximum Gasteiger partial charge on any atom is 0.317 e. The number of piperazine rings is 1. The Kier molecular flexibility index (Phi) is 5.69. The molecule has 0 aliphatic carbocycles. The van der Waals surface area contributed by atoms with E-state index in [-0.39, 0.29) is 12.1 Å². The van der Waals surface area contributed by atoms with Crippen molar-refractivity contribution in [2.45, 2.75) is 13.0 Å². The predicted octanol–water partition coefficient (Wildman–Crippen LogP) is 0.695. The van der Waals surface area contributed by atoms with Gasteiger partial charge in [0.2, 0.25) is 0 Å². The number of carbonyl (C=O) groups is 1. The predicted molar refractivity (Wildman–Crippen MR) is 91.2 cm³/mol. The number of hydrogen-bond donors (Lipinski definition) is 1. The average Bonchev–Trinajstić information content (AvgIpc) is 3.10. The molecule has 0 bridgehead atoms. The molecule has 128 valence electrons. The molecule has 7 nitrogen and oxygen atoms in total. The van der Waals surface area contributed by atoms with Gasteiger partial charge in [-0.1, -0.05) is 0 Å². The molecule has 2 aliphatic heterocycles. The molecule has 0 spiro atoms. The van der Waals surface area contributed by atoms with Crippen LogP contribution in [0.3, 0.4) is 0 Å². The van der Waals surface area contributed by atoms with Crippen LogP contribution < -0.4 is 10.2 Å². The highest BCUT2D eigenvalue weighted by molar-refractivity contribution is 7.13. The minimum Gasteiger partial charge on any atom is -0.379 e. The summed E-state index contributed by atoms with van der Waals surface area (Å²) < 4.78 is 5.35. The van der Waals surface area contributed by atoms with E-state index in [4.69, 9.17) is 4.74 Å². The van der Waals surface area contributed by atoms with Crippen LogP contribution in [0, 0.1) is 0 Å². The number of urea groups is 1. The molecular weight excluding hydrogens is 314 g/mol. The van der Waals surface area contributed by atoms with E-state index in [0.717, 1.165) is 64.2 Å². The van der Waals surface area contributed by atoms with E-state index < -0.39 is 0 Å². The summed E-state index contributed by atoms with van der Waals surface area (Å²) in [4.78, 5) is 23.2. The molecule has 2 amide bonds. The van der Waals surface area contributed by atoms with Crippen LogP contribution in [0.15, 0.2) is 11.6 Å². The fraction of sp³-hybridized carbons (Fsp3) is 0.733. The Balaban J connectivity index is 1.40. The first-order valence-corrected chi connectivity index (χ1v) is 9.10. The number of ether oxygens (including phenoxy) is 1. The molecule has 2 fully saturated rings. The largest absolute Gasteiger partial charge is 0.379 e. The third-order valence-corrected chi connectivity index (χ3v) is 5.09. The van der Waals surface area contributed by atoms with Gasteiger partial charge in [-0.2, -0.15) is 0 Å². The minimum absolute atomic E-state index is 0.0459. The molecular formula is C15H25N5O2S. The highest BCUT2D eigenvalue weighted by atomic mass is 32.1. The summed E-state index contributed by atoms with van der Waals surface area (Å²) in [7, 11) is 0. The topological polar surface area (TPSA) is 60.9 Å². The molecule has 23 heavy (non-hydrogen) atoms. The van der Waals surface area contributed by atoms with Crippen molar-refractivity contribution < 1.29 is 9.53 Å². The summed E-state index contributed by atoms with van der Waals surface area (Å²) in [5.41, 5.74) is 0. The van der Waals surface area contributed by atoms with Crippen molar-refractivity contribution in [1.29, 1.82) is 0 Å². The average molecular weight is 339 g/mol. The molecule has 0 unspecified atom stereocenters. The molecule has 1 aromatic rings. The number of nitrogens with zero attached hydrogens (tertiary/aromatic N) is 4. The van der Waals surface area contributed by atoms with Crippen molar-refractivity contribution in [3.8, 4) is 0 Å². The van der Waals surface area contributed by atoms with Crippen molar-refractivity contribution in [1.82, 2.24) is 20.1 Å². The fourth-order valence-corrected chi connectivity index (χ4v) is 3.69. The number of amides is 2. The quantitative estimate of drug-likeness (QED) is 0.875. The first-order chi connectivity index (χ1) is 11.2. The Morgan fingerprint density at radius 1 is 1.30 bits per heavy atom. The number of nitrogens with one attached hydrogen (secondary N) is 1. The number of rotatable bonds is 4. The van der Waals surface area contributed by atoms with Crippen LogP contribution in [-0.2, 0) is 4.74 Å². The van der Waals surface area contributed by atoms with Crippen LogP contribution in [0.4, 0.5) is 9.93 Å². The van der Waals surface area contributed by atoms with E-state index in [0.29, 0.717) is 0 Å². The van der Waals surface area contributed by atoms with Gasteiger partial charge in [0.25, 0.3) is 0 Å². The second-order valence-electron chi connectivity index (χ2n) is 6.05. The lowest BCUT2D eigenvalue weighted by atomic mass is 10.3. The van der Waals surface area contributed by atoms with Crippen molar-refractivity contribution >= 4 is 22.5 Å². The summed E-state index contributed by atoms with van der Waals surface area (Å²) in [6.45, 7) is 9.62. The monoisotopic (exact) mass is 339 g/mol. The Morgan fingerprint density at radius 2 is 2.04 bits per heavy atom. The summed E-state index contributed by atoms with van der Waals surface area (Å²) in [5.74, 6) is 0. The van der Waals surface area contributed by atoms with Gasteiger partial charge in [-0.3, -0.25) is 4.90 Å². The van der Waals surface area contributed by atoms with Crippen LogP contribution in [0.1, 0.15) is 6.92 Å². The first kappa shape index (κ1) is 16.5. The van der Waals surface area contributed by atoms with Crippen LogP contribution >= 0.6 is 11.3 Å². The zero-order valence-electron chi connectivity index (χ0n) is 13.6. The van der Waals surface area contributed by atoms with Gasteiger partial charge in [0.15, 0.2) is 5.13 Å². The highest BCUT2D eigenvalue weighted by Gasteiger charge is 2.23. The number of hydrogen-bond acceptors (Lipinski definition) is 6. The van der Waals surface area contributed by atoms with Crippen molar-refractivity contribution in [2.75, 3.05) is 63.9 Å². The van der Waals surface area contributed by atoms with Crippen LogP contribution in [-0.4, -0.2) is 85.9 Å². The van der Waals surface area contributed by atoms with Gasteiger partial charge >= 0.3 is 6.03 Å². The van der Waals surface area contributed by atoms with Crippen molar-refractivity contribution in [3.05, 3.63) is 11.6 Å². The number of anilines is 1. The molecule has 0 radical (unpaired) electrons. The maximum atomic E-state index is 12.4. The fourth-order valence-electron chi connectivity index (χ4n) is 2.99. The van der Waals surface area contributed by atoms with Gasteiger partial charge in [-0.05, 0) is 6.92 Å². The van der Waals surface area contributed by atoms with E-state index >= 15 is 0 Å². The van der Waals surface area contributed by atoms with Crippen LogP contribution in [0.5, 0.6) is 0 Å². The lowest BCUT2D eigenvalue weighted by Gasteiger charge is -2.35. The molecule has 8 heteroatoms. The van der Waals surface area contributed by atoms with E-state index in [2.05, 4.69) is 27.0 Å². The Morgan fingerprint density at radius 3 is 2.70 bits per heavy atom. The standard InChI is InChI=1S/C15H25N5O2S/c1-13(12-18-7-9-22-10-8-18)17-14(21)19-3-5-20(6-4-19)15-16-2-11-23-15/h2,11,13H,3-10,12H2,1H3,(H,17,21)/t13-/m1/s1. The van der Waals surface area contributed by atoms with Crippen molar-refractivity contribution in [2.24, 2.45) is 0 Å². The molecule has 0 saturated carbocycles. The van der Waals surface area contributed by atoms with Gasteiger partial charge in [-0.25, -0.2) is 9.78 Å². The van der Waals surface area contributed by atoms with Gasteiger partial charge in [0.05, 0.1) is 13.2 Å². The summed E-state index contributed by atoms with van der Waals surface area (Å²) >= 11 is 1.65. The van der Waals surface area contributed by atoms with Crippen molar-refractivity contribution in [3.63, 3.8) is 0 Å². The molecule has 2 saturated heterocycles. The minimum atomic E-state index is 0.0459. The van der Waals surface area contributed by atoms with E-state index in [1.165, 1.54) is 0 Å². The van der Waals surface area contributed by atoms with E-state index in [9.17, 15) is 4.79 Å². The summed E-state index contributed by atoms with van der Waals surface area (Å²) in [6.07, 6.45) is 1.83. The van der Waals surface area contributed by atoms with Crippen LogP contribution in [0.25, 0.3) is 0 Å². The van der Waals surface area contributed by atoms with Gasteiger partial charge < -0.3 is 19.9 Å². The van der Waals surface area contributed by atoms with Crippen LogP contribution in [0.2, 0.25) is 0 Å². The molecule has 3 heterocycles. The Labute approximate surface area is 141 Å². The molecule has 1 atom stereocenters. The zero-order chi connectivity index (χ0) is 16.1. The van der Waals surface area contributed by atoms with Gasteiger partial charge in [0, 0.05) is 63.4 Å². The molecule has 3 rings (SSSR count). The lowest BCUT2D eigenvalue weighted by Crippen LogP contribution is -2.55. The number of aromatic nitrogens is 1. The Hall–Kier alpha value is -1.38. The first-order valence-electron chi connectivity index (χ1n) is 8.22. The highest BCUT2D eigenvalue weighted by Crippen LogP contribution is 2.18. The van der Waals surface area contributed by atoms with Gasteiger partial charge in [0.1, 0.15) is 0 Å². The van der Waals surface area contributed by atoms with E-state index in [1.54, 1.807) is 11.3 Å². The molecule has 1 N–H and O–H groups in total. The molecule has 0 aromatic carbocycles. The maximum absolute atomic E-state index is 12.4. The van der Waals surface area contributed by atoms with E-state index in [1.807, 2.05) is 16.5 Å². The normalized spacial score (nSPS) is 21.3. The second kappa shape index (κ2) is 7.94. The molecule has 2 aliphatic rings. The SMILES string of the molecule is C[C@H](CN1CCOCC1)NC(=O)N1CCN(c2nccs2)CC1. The number of morpholine rings is 1. The van der Waals surface area contributed by atoms with Gasteiger partial charge in [-0.15, -0.1) is 11.3 Å². The molecule has 1 aromatic heterocycles. The third-order valence-electron chi connectivity index (χ3n) is 4.26. The summed E-state index contributed by atoms with van der Waals surface area (Å²) in [6, 6.07) is 0.196. The number of carbonyl (C=O) groups excluding carboxylic acids is 1. The third kappa shape index (κ3) is 4.55. The number of thiazole rings is 1. The Bertz CT molecular complexity index is 484.